The predicted octanol–water partition coefficient (Wildman–Crippen LogP) is 2.67. The van der Waals surface area contributed by atoms with Gasteiger partial charge in [0.05, 0.1) is 6.54 Å². The molecule has 0 radical (unpaired) electrons. The summed E-state index contributed by atoms with van der Waals surface area (Å²) >= 11 is 5.98. The maximum absolute atomic E-state index is 12.8. The van der Waals surface area contributed by atoms with Crippen LogP contribution < -0.4 is 16.0 Å². The number of hydrogen-bond acceptors (Lipinski definition) is 5. The molecule has 0 atom stereocenters. The summed E-state index contributed by atoms with van der Waals surface area (Å²) in [7, 11) is 0. The minimum Gasteiger partial charge on any atom is -0.352 e. The maximum Gasteiger partial charge on any atom is 0.258 e. The topological polar surface area (TPSA) is 103 Å². The van der Waals surface area contributed by atoms with Crippen molar-refractivity contribution in [3.63, 3.8) is 0 Å². The Hall–Kier alpha value is -2.71. The van der Waals surface area contributed by atoms with E-state index in [1.165, 1.54) is 31.7 Å². The van der Waals surface area contributed by atoms with Crippen LogP contribution in [0.2, 0.25) is 5.02 Å². The minimum absolute atomic E-state index is 0.167. The Kier molecular flexibility index (Phi) is 11.2. The van der Waals surface area contributed by atoms with Crippen LogP contribution in [-0.2, 0) is 14.4 Å². The van der Waals surface area contributed by atoms with Crippen molar-refractivity contribution in [2.75, 3.05) is 32.7 Å². The van der Waals surface area contributed by atoms with Gasteiger partial charge in [0, 0.05) is 29.5 Å². The number of halogens is 1. The van der Waals surface area contributed by atoms with Crippen molar-refractivity contribution >= 4 is 35.5 Å². The normalized spacial score (nSPS) is 15.2. The summed E-state index contributed by atoms with van der Waals surface area (Å²) in [6, 6.07) is 7.05. The predicted molar refractivity (Wildman–Crippen MR) is 136 cm³/mol. The molecule has 1 aliphatic heterocycles. The molecule has 1 aromatic rings. The van der Waals surface area contributed by atoms with Crippen molar-refractivity contribution < 1.29 is 14.4 Å². The molecular weight excluding hydrogens is 454 g/mol. The van der Waals surface area contributed by atoms with E-state index >= 15 is 0 Å². The van der Waals surface area contributed by atoms with Crippen molar-refractivity contribution in [3.8, 4) is 0 Å². The van der Waals surface area contributed by atoms with E-state index in [4.69, 9.17) is 11.6 Å². The van der Waals surface area contributed by atoms with Gasteiger partial charge in [-0.3, -0.25) is 19.4 Å². The van der Waals surface area contributed by atoms with Gasteiger partial charge in [-0.2, -0.15) is 0 Å². The van der Waals surface area contributed by atoms with Gasteiger partial charge in [0.15, 0.2) is 0 Å². The lowest BCUT2D eigenvalue weighted by atomic mass is 10.1. The molecule has 0 aliphatic carbocycles. The standard InChI is InChI=1S/C25H36ClN5O3/c1-25(2,3)30-22(32)18-29-24(34)21(17-27-16-19-9-7-10-20(26)15-19)23(33)28-11-8-14-31-12-5-4-6-13-31/h7,9-10,15-17H,4-6,8,11-14,18H2,1-3H3,(H,28,33)(H,29,34)(H,30,32)/b21-17-,27-16+. The largest absolute Gasteiger partial charge is 0.352 e. The number of nitrogens with one attached hydrogen (secondary N) is 3. The van der Waals surface area contributed by atoms with E-state index in [9.17, 15) is 14.4 Å². The van der Waals surface area contributed by atoms with Crippen LogP contribution in [0.1, 0.15) is 52.0 Å². The highest BCUT2D eigenvalue weighted by Gasteiger charge is 2.20. The molecule has 1 aliphatic rings. The highest BCUT2D eigenvalue weighted by atomic mass is 35.5. The highest BCUT2D eigenvalue weighted by molar-refractivity contribution is 6.30. The van der Waals surface area contributed by atoms with Crippen LogP contribution in [-0.4, -0.2) is 67.1 Å². The molecule has 0 spiro atoms. The second kappa shape index (κ2) is 13.9. The van der Waals surface area contributed by atoms with Crippen LogP contribution in [0.3, 0.4) is 0 Å². The highest BCUT2D eigenvalue weighted by Crippen LogP contribution is 2.10. The first-order valence-corrected chi connectivity index (χ1v) is 12.1. The Morgan fingerprint density at radius 2 is 1.79 bits per heavy atom. The summed E-state index contributed by atoms with van der Waals surface area (Å²) in [5.41, 5.74) is 0.141. The number of benzene rings is 1. The molecule has 3 N–H and O–H groups in total. The third-order valence-electron chi connectivity index (χ3n) is 5.07. The molecule has 34 heavy (non-hydrogen) atoms. The Labute approximate surface area is 207 Å². The second-order valence-corrected chi connectivity index (χ2v) is 9.80. The summed E-state index contributed by atoms with van der Waals surface area (Å²) in [6.07, 6.45) is 7.22. The van der Waals surface area contributed by atoms with E-state index < -0.39 is 17.4 Å². The molecule has 2 rings (SSSR count). The van der Waals surface area contributed by atoms with Gasteiger partial charge in [0.1, 0.15) is 5.57 Å². The van der Waals surface area contributed by atoms with Crippen molar-refractivity contribution in [1.29, 1.82) is 0 Å². The zero-order chi connectivity index (χ0) is 25.0. The molecule has 1 fully saturated rings. The number of carbonyl (C=O) groups is 3. The van der Waals surface area contributed by atoms with Gasteiger partial charge in [0.2, 0.25) is 5.91 Å². The molecule has 8 nitrogen and oxygen atoms in total. The van der Waals surface area contributed by atoms with Crippen molar-refractivity contribution in [1.82, 2.24) is 20.9 Å². The summed E-state index contributed by atoms with van der Waals surface area (Å²) in [5.74, 6) is -1.54. The van der Waals surface area contributed by atoms with Crippen LogP contribution in [0.25, 0.3) is 0 Å². The number of carbonyl (C=O) groups excluding carboxylic acids is 3. The van der Waals surface area contributed by atoms with Crippen LogP contribution in [0.4, 0.5) is 0 Å². The van der Waals surface area contributed by atoms with Crippen molar-refractivity contribution in [2.45, 2.75) is 52.0 Å². The Morgan fingerprint density at radius 3 is 2.47 bits per heavy atom. The number of hydrogen-bond donors (Lipinski definition) is 3. The fourth-order valence-corrected chi connectivity index (χ4v) is 3.70. The summed E-state index contributed by atoms with van der Waals surface area (Å²) in [4.78, 5) is 44.0. The van der Waals surface area contributed by atoms with Crippen LogP contribution in [0.15, 0.2) is 41.0 Å². The molecule has 186 valence electrons. The molecule has 0 saturated carbocycles. The number of aliphatic imine (C=N–C) groups is 1. The molecule has 1 saturated heterocycles. The van der Waals surface area contributed by atoms with Gasteiger partial charge in [-0.25, -0.2) is 0 Å². The van der Waals surface area contributed by atoms with Gasteiger partial charge in [-0.15, -0.1) is 0 Å². The van der Waals surface area contributed by atoms with E-state index in [2.05, 4.69) is 25.8 Å². The first-order chi connectivity index (χ1) is 16.1. The maximum atomic E-state index is 12.8. The first-order valence-electron chi connectivity index (χ1n) is 11.7. The summed E-state index contributed by atoms with van der Waals surface area (Å²) in [5, 5.41) is 8.62. The zero-order valence-electron chi connectivity index (χ0n) is 20.3. The number of amides is 3. The second-order valence-electron chi connectivity index (χ2n) is 9.37. The molecule has 0 aromatic heterocycles. The van der Waals surface area contributed by atoms with Gasteiger partial charge in [-0.1, -0.05) is 30.2 Å². The Morgan fingerprint density at radius 1 is 1.09 bits per heavy atom. The van der Waals surface area contributed by atoms with E-state index in [0.717, 1.165) is 31.6 Å². The summed E-state index contributed by atoms with van der Waals surface area (Å²) < 4.78 is 0. The smallest absolute Gasteiger partial charge is 0.258 e. The summed E-state index contributed by atoms with van der Waals surface area (Å²) in [6.45, 7) is 8.84. The lowest BCUT2D eigenvalue weighted by Crippen LogP contribution is -2.46. The van der Waals surface area contributed by atoms with Gasteiger partial charge >= 0.3 is 0 Å². The van der Waals surface area contributed by atoms with E-state index in [1.54, 1.807) is 24.3 Å². The molecule has 0 unspecified atom stereocenters. The monoisotopic (exact) mass is 489 g/mol. The van der Waals surface area contributed by atoms with Crippen LogP contribution >= 0.6 is 11.6 Å². The minimum atomic E-state index is -0.666. The molecule has 1 heterocycles. The van der Waals surface area contributed by atoms with Gasteiger partial charge in [-0.05, 0) is 77.4 Å². The Balaban J connectivity index is 1.98. The average molecular weight is 490 g/mol. The van der Waals surface area contributed by atoms with Gasteiger partial charge in [0.25, 0.3) is 11.8 Å². The number of piperidine rings is 1. The van der Waals surface area contributed by atoms with Crippen LogP contribution in [0, 0.1) is 0 Å². The first kappa shape index (κ1) is 27.5. The quantitative estimate of drug-likeness (QED) is 0.154. The zero-order valence-corrected chi connectivity index (χ0v) is 21.1. The lowest BCUT2D eigenvalue weighted by Gasteiger charge is -2.26. The fourth-order valence-electron chi connectivity index (χ4n) is 3.51. The third kappa shape index (κ3) is 10.9. The van der Waals surface area contributed by atoms with E-state index in [-0.39, 0.29) is 18.0 Å². The Bertz CT molecular complexity index is 902. The molecule has 3 amide bonds. The van der Waals surface area contributed by atoms with E-state index in [0.29, 0.717) is 11.6 Å². The van der Waals surface area contributed by atoms with E-state index in [1.807, 2.05) is 20.8 Å². The number of likely N-dealkylation sites (tertiary alicyclic amines) is 1. The van der Waals surface area contributed by atoms with Crippen molar-refractivity contribution in [3.05, 3.63) is 46.6 Å². The molecule has 1 aromatic carbocycles. The van der Waals surface area contributed by atoms with Crippen LogP contribution in [0.5, 0.6) is 0 Å². The lowest BCUT2D eigenvalue weighted by molar-refractivity contribution is -0.127. The average Bonchev–Trinajstić information content (AvgIpc) is 2.77. The fraction of sp³-hybridized carbons (Fsp3) is 0.520. The molecule has 9 heteroatoms. The van der Waals surface area contributed by atoms with Crippen molar-refractivity contribution in [2.24, 2.45) is 4.99 Å². The number of rotatable bonds is 10. The molecule has 0 bridgehead atoms. The third-order valence-corrected chi connectivity index (χ3v) is 5.31. The SMILES string of the molecule is CC(C)(C)NC(=O)CNC(=O)/C(=C\N=C\c1cccc(Cl)c1)C(=O)NCCCN1CCCCC1. The molecular formula is C25H36ClN5O3. The van der Waals surface area contributed by atoms with Gasteiger partial charge < -0.3 is 20.9 Å². The number of nitrogens with zero attached hydrogens (tertiary/aromatic N) is 2.